The molecular weight excluding hydrogens is 447 g/mol. The molecule has 2 aromatic rings. The third-order valence-corrected chi connectivity index (χ3v) is 4.77. The van der Waals surface area contributed by atoms with Gasteiger partial charge in [-0.25, -0.2) is 5.84 Å². The number of benzene rings is 1. The molecule has 0 radical (unpaired) electrons. The second kappa shape index (κ2) is 12.6. The van der Waals surface area contributed by atoms with Gasteiger partial charge in [-0.15, -0.1) is 0 Å². The third kappa shape index (κ3) is 8.77. The number of carbonyl (C=O) groups excluding carboxylic acids is 1. The minimum atomic E-state index is -4.33. The molecular formula is C24H28F3N5O2. The zero-order chi connectivity index (χ0) is 25.1. The van der Waals surface area contributed by atoms with Crippen molar-refractivity contribution in [3.05, 3.63) is 71.7 Å². The van der Waals surface area contributed by atoms with Gasteiger partial charge >= 0.3 is 6.18 Å². The lowest BCUT2D eigenvalue weighted by atomic mass is 10.1. The van der Waals surface area contributed by atoms with E-state index in [9.17, 15) is 18.0 Å². The van der Waals surface area contributed by atoms with Crippen LogP contribution in [0.3, 0.4) is 0 Å². The summed E-state index contributed by atoms with van der Waals surface area (Å²) in [5, 5.41) is 1.41. The molecule has 1 atom stereocenters. The number of rotatable bonds is 5. The molecule has 1 aliphatic rings. The number of carbonyl (C=O) groups is 1. The van der Waals surface area contributed by atoms with Crippen LogP contribution in [0.2, 0.25) is 0 Å². The Kier molecular flexibility index (Phi) is 9.92. The molecule has 1 fully saturated rings. The Hall–Kier alpha value is -3.55. The van der Waals surface area contributed by atoms with Crippen molar-refractivity contribution in [2.24, 2.45) is 11.6 Å². The highest BCUT2D eigenvalue weighted by atomic mass is 19.4. The molecule has 0 spiro atoms. The van der Waals surface area contributed by atoms with Gasteiger partial charge in [0, 0.05) is 44.3 Å². The van der Waals surface area contributed by atoms with Crippen LogP contribution in [0.4, 0.5) is 13.2 Å². The first-order valence-corrected chi connectivity index (χ1v) is 10.4. The number of alkyl halides is 3. The fraction of sp³-hybridized carbons (Fsp3) is 0.333. The zero-order valence-electron chi connectivity index (χ0n) is 19.0. The fourth-order valence-corrected chi connectivity index (χ4v) is 3.07. The Morgan fingerprint density at radius 2 is 2.03 bits per heavy atom. The van der Waals surface area contributed by atoms with E-state index in [1.54, 1.807) is 37.5 Å². The van der Waals surface area contributed by atoms with E-state index in [4.69, 9.17) is 16.3 Å². The summed E-state index contributed by atoms with van der Waals surface area (Å²) < 4.78 is 43.0. The van der Waals surface area contributed by atoms with E-state index in [2.05, 4.69) is 16.8 Å². The number of nitrogens with zero attached hydrogens (tertiary/aromatic N) is 3. The van der Waals surface area contributed by atoms with Crippen LogP contribution in [-0.4, -0.2) is 47.0 Å². The van der Waals surface area contributed by atoms with Gasteiger partial charge in [-0.1, -0.05) is 18.1 Å². The molecule has 1 aromatic carbocycles. The molecule has 0 saturated carbocycles. The maximum atomic E-state index is 12.5. The molecule has 0 bridgehead atoms. The zero-order valence-corrected chi connectivity index (χ0v) is 19.0. The molecule has 1 unspecified atom stereocenters. The van der Waals surface area contributed by atoms with E-state index in [1.807, 2.05) is 12.1 Å². The first-order chi connectivity index (χ1) is 16.1. The van der Waals surface area contributed by atoms with Crippen LogP contribution < -0.4 is 11.6 Å². The Bertz CT molecular complexity index is 1010. The summed E-state index contributed by atoms with van der Waals surface area (Å²) in [5.74, 6) is 10.2. The van der Waals surface area contributed by atoms with Gasteiger partial charge in [0.05, 0.1) is 24.0 Å². The first-order valence-electron chi connectivity index (χ1n) is 10.4. The maximum Gasteiger partial charge on any atom is 0.416 e. The minimum absolute atomic E-state index is 0.107. The molecule has 1 amide bonds. The monoisotopic (exact) mass is 475 g/mol. The van der Waals surface area contributed by atoms with Gasteiger partial charge in [-0.2, -0.15) is 13.2 Å². The van der Waals surface area contributed by atoms with Crippen LogP contribution >= 0.6 is 0 Å². The summed E-state index contributed by atoms with van der Waals surface area (Å²) in [6, 6.07) is 8.60. The molecule has 182 valence electrons. The smallest absolute Gasteiger partial charge is 0.397 e. The average molecular weight is 476 g/mol. The quantitative estimate of drug-likeness (QED) is 0.392. The topological polar surface area (TPSA) is 97.7 Å². The number of nitrogens with two attached hydrogens (primary N) is 2. The van der Waals surface area contributed by atoms with E-state index < -0.39 is 11.7 Å². The van der Waals surface area contributed by atoms with E-state index in [0.29, 0.717) is 30.8 Å². The van der Waals surface area contributed by atoms with Crippen LogP contribution in [0.5, 0.6) is 0 Å². The number of amides is 1. The van der Waals surface area contributed by atoms with Crippen molar-refractivity contribution in [1.82, 2.24) is 14.9 Å². The van der Waals surface area contributed by atoms with E-state index in [1.165, 1.54) is 17.1 Å². The lowest BCUT2D eigenvalue weighted by Gasteiger charge is -2.14. The van der Waals surface area contributed by atoms with Gasteiger partial charge in [0.25, 0.3) is 5.91 Å². The number of likely N-dealkylation sites (tertiary alicyclic amines) is 1. The Morgan fingerprint density at radius 1 is 1.32 bits per heavy atom. The third-order valence-electron chi connectivity index (χ3n) is 4.77. The number of pyridine rings is 1. The van der Waals surface area contributed by atoms with E-state index in [-0.39, 0.29) is 18.6 Å². The minimum Gasteiger partial charge on any atom is -0.397 e. The summed E-state index contributed by atoms with van der Waals surface area (Å²) in [4.78, 5) is 17.1. The van der Waals surface area contributed by atoms with Crippen molar-refractivity contribution in [3.8, 4) is 11.8 Å². The molecule has 0 aliphatic carbocycles. The molecule has 2 heterocycles. The normalized spacial score (nSPS) is 15.6. The predicted octanol–water partition coefficient (Wildman–Crippen LogP) is 2.99. The second-order valence-electron chi connectivity index (χ2n) is 7.53. The first kappa shape index (κ1) is 26.7. The molecule has 1 aliphatic heterocycles. The van der Waals surface area contributed by atoms with E-state index in [0.717, 1.165) is 17.7 Å². The summed E-state index contributed by atoms with van der Waals surface area (Å²) >= 11 is 0. The van der Waals surface area contributed by atoms with Crippen molar-refractivity contribution < 1.29 is 22.7 Å². The van der Waals surface area contributed by atoms with Crippen molar-refractivity contribution in [1.29, 1.82) is 0 Å². The number of halogens is 3. The summed E-state index contributed by atoms with van der Waals surface area (Å²) in [6.45, 7) is 2.89. The molecule has 3 rings (SSSR count). The maximum absolute atomic E-state index is 12.5. The number of ether oxygens (including phenoxy) is 1. The van der Waals surface area contributed by atoms with E-state index >= 15 is 0 Å². The number of hydrogen-bond acceptors (Lipinski definition) is 6. The molecule has 1 aromatic heterocycles. The number of hydrazine groups is 1. The van der Waals surface area contributed by atoms with Crippen LogP contribution in [0.15, 0.2) is 55.0 Å². The van der Waals surface area contributed by atoms with Crippen LogP contribution in [0.1, 0.15) is 30.0 Å². The van der Waals surface area contributed by atoms with Crippen molar-refractivity contribution in [2.75, 3.05) is 20.1 Å². The van der Waals surface area contributed by atoms with Crippen molar-refractivity contribution in [2.45, 2.75) is 32.2 Å². The van der Waals surface area contributed by atoms with Crippen LogP contribution in [0.25, 0.3) is 5.70 Å². The standard InChI is InChI=1S/C16H16F3NO2.C8H12N4/c1-2-3-15(21)20-9-8-14(10-20)22-11-12-4-6-13(7-5-12)16(17,18)19;1-12(10)6-8(9)7-3-2-4-11-5-7/h4-7,14H,8-11H2,1H3;2-6H,9-10H2,1H3/b;8-6-. The Labute approximate surface area is 197 Å². The predicted molar refractivity (Wildman–Crippen MR) is 123 cm³/mol. The van der Waals surface area contributed by atoms with Crippen LogP contribution in [0, 0.1) is 11.8 Å². The molecule has 10 heteroatoms. The van der Waals surface area contributed by atoms with Gasteiger partial charge < -0.3 is 20.4 Å². The molecule has 4 N–H and O–H groups in total. The van der Waals surface area contributed by atoms with Gasteiger partial charge in [-0.05, 0) is 49.1 Å². The number of aromatic nitrogens is 1. The summed E-state index contributed by atoms with van der Waals surface area (Å²) in [7, 11) is 1.71. The van der Waals surface area contributed by atoms with Gasteiger partial charge in [0.1, 0.15) is 0 Å². The van der Waals surface area contributed by atoms with Crippen molar-refractivity contribution >= 4 is 11.6 Å². The van der Waals surface area contributed by atoms with Crippen molar-refractivity contribution in [3.63, 3.8) is 0 Å². The molecule has 7 nitrogen and oxygen atoms in total. The Morgan fingerprint density at radius 3 is 2.59 bits per heavy atom. The van der Waals surface area contributed by atoms with Gasteiger partial charge in [-0.3, -0.25) is 9.78 Å². The lowest BCUT2D eigenvalue weighted by Crippen LogP contribution is -2.28. The van der Waals surface area contributed by atoms with Gasteiger partial charge in [0.15, 0.2) is 0 Å². The Balaban J connectivity index is 0.000000287. The second-order valence-corrected chi connectivity index (χ2v) is 7.53. The van der Waals surface area contributed by atoms with Gasteiger partial charge in [0.2, 0.25) is 0 Å². The largest absolute Gasteiger partial charge is 0.416 e. The lowest BCUT2D eigenvalue weighted by molar-refractivity contribution is -0.137. The SMILES string of the molecule is CC#CC(=O)N1CCC(OCc2ccc(C(F)(F)F)cc2)C1.CN(N)/C=C(\N)c1cccnc1. The fourth-order valence-electron chi connectivity index (χ4n) is 3.07. The summed E-state index contributed by atoms with van der Waals surface area (Å²) in [6.07, 6.45) is 1.30. The molecule has 1 saturated heterocycles. The number of hydrogen-bond donors (Lipinski definition) is 2. The molecule has 34 heavy (non-hydrogen) atoms. The average Bonchev–Trinajstić information content (AvgIpc) is 3.27. The highest BCUT2D eigenvalue weighted by Crippen LogP contribution is 2.29. The highest BCUT2D eigenvalue weighted by Gasteiger charge is 2.30. The van der Waals surface area contributed by atoms with Crippen LogP contribution in [-0.2, 0) is 22.3 Å². The highest BCUT2D eigenvalue weighted by molar-refractivity contribution is 5.93. The summed E-state index contributed by atoms with van der Waals surface area (Å²) in [5.41, 5.74) is 7.17.